The van der Waals surface area contributed by atoms with E-state index in [-0.39, 0.29) is 17.7 Å². The molecule has 6 nitrogen and oxygen atoms in total. The van der Waals surface area contributed by atoms with Gasteiger partial charge in [0.15, 0.2) is 5.69 Å². The molecule has 3 heterocycles. The van der Waals surface area contributed by atoms with E-state index in [4.69, 9.17) is 4.74 Å². The smallest absolute Gasteiger partial charge is 0.381 e. The summed E-state index contributed by atoms with van der Waals surface area (Å²) in [4.78, 5) is 29.3. The Morgan fingerprint density at radius 3 is 2.56 bits per heavy atom. The summed E-state index contributed by atoms with van der Waals surface area (Å²) in [6.45, 7) is 2.62. The summed E-state index contributed by atoms with van der Waals surface area (Å²) in [6, 6.07) is 0.527. The van der Waals surface area contributed by atoms with E-state index in [0.717, 1.165) is 12.7 Å². The van der Waals surface area contributed by atoms with Gasteiger partial charge in [0.2, 0.25) is 5.91 Å². The molecule has 1 amide bonds. The van der Waals surface area contributed by atoms with Gasteiger partial charge in [-0.1, -0.05) is 0 Å². The molecule has 0 saturated carbocycles. The number of likely N-dealkylation sites (tertiary alicyclic amines) is 1. The van der Waals surface area contributed by atoms with Crippen LogP contribution in [0.25, 0.3) is 0 Å². The molecule has 2 fully saturated rings. The van der Waals surface area contributed by atoms with E-state index in [9.17, 15) is 22.8 Å². The molecule has 9 heteroatoms. The van der Waals surface area contributed by atoms with Gasteiger partial charge in [-0.05, 0) is 25.2 Å². The number of hydrogen-bond acceptors (Lipinski definition) is 4. The number of hydrogen-bond donors (Lipinski definition) is 0. The van der Waals surface area contributed by atoms with Gasteiger partial charge in [0.05, 0.1) is 18.9 Å². The Balaban J connectivity index is 1.55. The number of alkyl halides is 3. The van der Waals surface area contributed by atoms with E-state index in [1.54, 1.807) is 0 Å². The predicted molar refractivity (Wildman–Crippen MR) is 81.7 cm³/mol. The first-order valence-corrected chi connectivity index (χ1v) is 8.35. The van der Waals surface area contributed by atoms with Gasteiger partial charge >= 0.3 is 6.18 Å². The largest absolute Gasteiger partial charge is 0.433 e. The lowest BCUT2D eigenvalue weighted by Gasteiger charge is -2.33. The first-order chi connectivity index (χ1) is 11.8. The van der Waals surface area contributed by atoms with Crippen molar-refractivity contribution in [3.63, 3.8) is 0 Å². The summed E-state index contributed by atoms with van der Waals surface area (Å²) in [7, 11) is 0. The Morgan fingerprint density at radius 2 is 2.00 bits per heavy atom. The number of halogens is 3. The van der Waals surface area contributed by atoms with Crippen molar-refractivity contribution in [3.05, 3.63) is 28.4 Å². The maximum atomic E-state index is 12.5. The first kappa shape index (κ1) is 17.9. The molecule has 2 saturated heterocycles. The molecule has 138 valence electrons. The minimum atomic E-state index is -4.62. The van der Waals surface area contributed by atoms with Crippen LogP contribution in [0, 0.1) is 11.8 Å². The highest BCUT2D eigenvalue weighted by Gasteiger charge is 2.33. The van der Waals surface area contributed by atoms with Crippen molar-refractivity contribution in [2.24, 2.45) is 11.8 Å². The molecular weight excluding hydrogens is 339 g/mol. The average Bonchev–Trinajstić information content (AvgIpc) is 3.10. The maximum absolute atomic E-state index is 12.5. The summed E-state index contributed by atoms with van der Waals surface area (Å²) >= 11 is 0. The number of ether oxygens (including phenoxy) is 1. The fourth-order valence-corrected chi connectivity index (χ4v) is 3.32. The van der Waals surface area contributed by atoms with Crippen LogP contribution in [0.2, 0.25) is 0 Å². The van der Waals surface area contributed by atoms with Gasteiger partial charge in [0, 0.05) is 32.3 Å². The van der Waals surface area contributed by atoms with Gasteiger partial charge in [0.1, 0.15) is 0 Å². The molecule has 0 aromatic carbocycles. The number of aromatic nitrogens is 2. The first-order valence-electron chi connectivity index (χ1n) is 8.35. The standard InChI is InChI=1S/C16H20F3N3O3/c17-16(18,19)13-7-14(23)22(10-20-13)8-11-1-4-21(5-2-11)15(24)12-3-6-25-9-12/h7,10-12H,1-6,8-9H2. The second kappa shape index (κ2) is 7.15. The van der Waals surface area contributed by atoms with Crippen molar-refractivity contribution >= 4 is 5.91 Å². The molecule has 0 N–H and O–H groups in total. The van der Waals surface area contributed by atoms with E-state index >= 15 is 0 Å². The third-order valence-corrected chi connectivity index (χ3v) is 4.83. The van der Waals surface area contributed by atoms with Crippen molar-refractivity contribution in [2.75, 3.05) is 26.3 Å². The Labute approximate surface area is 142 Å². The molecule has 1 unspecified atom stereocenters. The lowest BCUT2D eigenvalue weighted by molar-refractivity contribution is -0.141. The Morgan fingerprint density at radius 1 is 1.28 bits per heavy atom. The van der Waals surface area contributed by atoms with Crippen molar-refractivity contribution in [1.29, 1.82) is 0 Å². The number of rotatable bonds is 3. The van der Waals surface area contributed by atoms with E-state index in [1.807, 2.05) is 4.90 Å². The Kier molecular flexibility index (Phi) is 5.12. The van der Waals surface area contributed by atoms with Crippen molar-refractivity contribution in [2.45, 2.75) is 32.0 Å². The molecule has 1 aromatic heterocycles. The molecule has 0 radical (unpaired) electrons. The zero-order valence-corrected chi connectivity index (χ0v) is 13.7. The fraction of sp³-hybridized carbons (Fsp3) is 0.688. The predicted octanol–water partition coefficient (Wildman–Crippen LogP) is 1.54. The van der Waals surface area contributed by atoms with Gasteiger partial charge in [0.25, 0.3) is 5.56 Å². The number of nitrogens with zero attached hydrogens (tertiary/aromatic N) is 3. The zero-order chi connectivity index (χ0) is 18.0. The lowest BCUT2D eigenvalue weighted by Crippen LogP contribution is -2.43. The van der Waals surface area contributed by atoms with Crippen LogP contribution < -0.4 is 5.56 Å². The third kappa shape index (κ3) is 4.20. The zero-order valence-electron chi connectivity index (χ0n) is 13.7. The van der Waals surface area contributed by atoms with Gasteiger partial charge in [-0.2, -0.15) is 13.2 Å². The van der Waals surface area contributed by atoms with Crippen molar-refractivity contribution in [1.82, 2.24) is 14.5 Å². The molecule has 0 spiro atoms. The fourth-order valence-electron chi connectivity index (χ4n) is 3.32. The molecule has 3 rings (SSSR count). The van der Waals surface area contributed by atoms with E-state index in [1.165, 1.54) is 4.57 Å². The third-order valence-electron chi connectivity index (χ3n) is 4.83. The summed E-state index contributed by atoms with van der Waals surface area (Å²) in [5, 5.41) is 0. The SMILES string of the molecule is O=C(C1CCOC1)N1CCC(Cn2cnc(C(F)(F)F)cc2=O)CC1. The summed E-state index contributed by atoms with van der Waals surface area (Å²) < 4.78 is 44.1. The topological polar surface area (TPSA) is 64.4 Å². The number of carbonyl (C=O) groups excluding carboxylic acids is 1. The summed E-state index contributed by atoms with van der Waals surface area (Å²) in [5.41, 5.74) is -1.88. The van der Waals surface area contributed by atoms with E-state index in [0.29, 0.717) is 51.8 Å². The van der Waals surface area contributed by atoms with E-state index < -0.39 is 17.4 Å². The molecular formula is C16H20F3N3O3. The summed E-state index contributed by atoms with van der Waals surface area (Å²) in [6.07, 6.45) is -1.47. The highest BCUT2D eigenvalue weighted by Crippen LogP contribution is 2.26. The molecule has 0 bridgehead atoms. The minimum Gasteiger partial charge on any atom is -0.381 e. The van der Waals surface area contributed by atoms with Crippen LogP contribution >= 0.6 is 0 Å². The average molecular weight is 359 g/mol. The molecule has 25 heavy (non-hydrogen) atoms. The second-order valence-electron chi connectivity index (χ2n) is 6.59. The lowest BCUT2D eigenvalue weighted by atomic mass is 9.95. The maximum Gasteiger partial charge on any atom is 0.433 e. The van der Waals surface area contributed by atoms with Gasteiger partial charge in [-0.15, -0.1) is 0 Å². The molecule has 2 aliphatic rings. The van der Waals surface area contributed by atoms with Crippen LogP contribution in [0.4, 0.5) is 13.2 Å². The van der Waals surface area contributed by atoms with Crippen LogP contribution in [0.15, 0.2) is 17.2 Å². The molecule has 1 atom stereocenters. The Hall–Kier alpha value is -1.90. The van der Waals surface area contributed by atoms with Gasteiger partial charge < -0.3 is 9.64 Å². The quantitative estimate of drug-likeness (QED) is 0.821. The number of piperidine rings is 1. The monoisotopic (exact) mass is 359 g/mol. The normalized spacial score (nSPS) is 22.4. The second-order valence-corrected chi connectivity index (χ2v) is 6.59. The van der Waals surface area contributed by atoms with Crippen molar-refractivity contribution in [3.8, 4) is 0 Å². The van der Waals surface area contributed by atoms with Crippen LogP contribution in [0.3, 0.4) is 0 Å². The minimum absolute atomic E-state index is 0.0571. The number of carbonyl (C=O) groups is 1. The van der Waals surface area contributed by atoms with E-state index in [2.05, 4.69) is 4.98 Å². The molecule has 0 aliphatic carbocycles. The van der Waals surface area contributed by atoms with Crippen LogP contribution in [0.5, 0.6) is 0 Å². The molecule has 1 aromatic rings. The van der Waals surface area contributed by atoms with Crippen molar-refractivity contribution < 1.29 is 22.7 Å². The summed E-state index contributed by atoms with van der Waals surface area (Å²) in [5.74, 6) is 0.197. The molecule has 2 aliphatic heterocycles. The highest BCUT2D eigenvalue weighted by atomic mass is 19.4. The Bertz CT molecular complexity index is 675. The van der Waals surface area contributed by atoms with Crippen LogP contribution in [0.1, 0.15) is 25.0 Å². The number of amides is 1. The van der Waals surface area contributed by atoms with Crippen LogP contribution in [-0.4, -0.2) is 46.7 Å². The van der Waals surface area contributed by atoms with Gasteiger partial charge in [-0.25, -0.2) is 4.98 Å². The van der Waals surface area contributed by atoms with Gasteiger partial charge in [-0.3, -0.25) is 14.2 Å². The van der Waals surface area contributed by atoms with Crippen LogP contribution in [-0.2, 0) is 22.3 Å². The highest BCUT2D eigenvalue weighted by molar-refractivity contribution is 5.79.